The third-order valence-electron chi connectivity index (χ3n) is 6.10. The summed E-state index contributed by atoms with van der Waals surface area (Å²) in [6.45, 7) is 0.839. The van der Waals surface area contributed by atoms with Gasteiger partial charge in [-0.25, -0.2) is 4.39 Å². The monoisotopic (exact) mass is 435 g/mol. The second kappa shape index (κ2) is 9.34. The number of amides is 2. The molecule has 1 saturated heterocycles. The Kier molecular flexibility index (Phi) is 6.35. The van der Waals surface area contributed by atoms with Crippen molar-refractivity contribution in [2.75, 3.05) is 20.1 Å². The Bertz CT molecular complexity index is 1080. The SMILES string of the molecule is CNC(=O)[C@@]1(Cc2cc(-c3ccccc3)no2)CCN(C(=O)CCc2ccc(F)cc2)C1. The number of nitrogens with one attached hydrogen (secondary N) is 1. The van der Waals surface area contributed by atoms with Crippen LogP contribution in [0.1, 0.15) is 24.2 Å². The molecular weight excluding hydrogens is 409 g/mol. The maximum Gasteiger partial charge on any atom is 0.228 e. The van der Waals surface area contributed by atoms with Gasteiger partial charge in [0.25, 0.3) is 0 Å². The average Bonchev–Trinajstić information content (AvgIpc) is 3.47. The predicted molar refractivity (Wildman–Crippen MR) is 118 cm³/mol. The van der Waals surface area contributed by atoms with Crippen molar-refractivity contribution in [3.63, 3.8) is 0 Å². The number of benzene rings is 2. The number of hydrogen-bond donors (Lipinski definition) is 1. The normalized spacial score (nSPS) is 18.0. The van der Waals surface area contributed by atoms with E-state index in [-0.39, 0.29) is 17.6 Å². The van der Waals surface area contributed by atoms with E-state index in [4.69, 9.17) is 4.52 Å². The minimum absolute atomic E-state index is 0.0114. The van der Waals surface area contributed by atoms with Crippen molar-refractivity contribution in [3.05, 3.63) is 77.8 Å². The summed E-state index contributed by atoms with van der Waals surface area (Å²) in [5.41, 5.74) is 1.82. The molecule has 0 radical (unpaired) electrons. The van der Waals surface area contributed by atoms with Gasteiger partial charge in [0.1, 0.15) is 17.3 Å². The molecule has 7 heteroatoms. The van der Waals surface area contributed by atoms with Crippen molar-refractivity contribution in [2.24, 2.45) is 5.41 Å². The summed E-state index contributed by atoms with van der Waals surface area (Å²) in [7, 11) is 1.61. The zero-order valence-corrected chi connectivity index (χ0v) is 18.0. The first-order valence-corrected chi connectivity index (χ1v) is 10.7. The van der Waals surface area contributed by atoms with Crippen molar-refractivity contribution in [3.8, 4) is 11.3 Å². The lowest BCUT2D eigenvalue weighted by Gasteiger charge is -2.26. The molecule has 1 aliphatic heterocycles. The van der Waals surface area contributed by atoms with Gasteiger partial charge in [0.05, 0.1) is 5.41 Å². The zero-order valence-electron chi connectivity index (χ0n) is 18.0. The Morgan fingerprint density at radius 2 is 1.91 bits per heavy atom. The quantitative estimate of drug-likeness (QED) is 0.615. The van der Waals surface area contributed by atoms with Crippen LogP contribution in [-0.2, 0) is 22.4 Å². The topological polar surface area (TPSA) is 75.4 Å². The van der Waals surface area contributed by atoms with Crippen LogP contribution in [0.5, 0.6) is 0 Å². The summed E-state index contributed by atoms with van der Waals surface area (Å²) in [5.74, 6) is 0.206. The van der Waals surface area contributed by atoms with Crippen LogP contribution in [0.2, 0.25) is 0 Å². The molecule has 6 nitrogen and oxygen atoms in total. The van der Waals surface area contributed by atoms with Crippen LogP contribution in [-0.4, -0.2) is 42.0 Å². The second-order valence-electron chi connectivity index (χ2n) is 8.27. The molecule has 0 bridgehead atoms. The van der Waals surface area contributed by atoms with E-state index in [2.05, 4.69) is 10.5 Å². The molecule has 0 saturated carbocycles. The lowest BCUT2D eigenvalue weighted by molar-refractivity contribution is -0.133. The smallest absolute Gasteiger partial charge is 0.228 e. The number of aryl methyl sites for hydroxylation is 1. The number of carbonyl (C=O) groups is 2. The fraction of sp³-hybridized carbons (Fsp3) is 0.320. The van der Waals surface area contributed by atoms with E-state index < -0.39 is 5.41 Å². The number of carbonyl (C=O) groups excluding carboxylic acids is 2. The molecule has 3 aromatic rings. The van der Waals surface area contributed by atoms with E-state index in [9.17, 15) is 14.0 Å². The third-order valence-corrected chi connectivity index (χ3v) is 6.10. The molecule has 2 heterocycles. The molecule has 1 fully saturated rings. The molecule has 0 spiro atoms. The highest BCUT2D eigenvalue weighted by molar-refractivity contribution is 5.85. The van der Waals surface area contributed by atoms with E-state index in [0.717, 1.165) is 16.8 Å². The maximum absolute atomic E-state index is 13.1. The molecule has 1 aromatic heterocycles. The van der Waals surface area contributed by atoms with Gasteiger partial charge in [0.15, 0.2) is 0 Å². The lowest BCUT2D eigenvalue weighted by atomic mass is 9.81. The lowest BCUT2D eigenvalue weighted by Crippen LogP contribution is -2.44. The summed E-state index contributed by atoms with van der Waals surface area (Å²) in [5, 5.41) is 6.91. The van der Waals surface area contributed by atoms with E-state index in [1.807, 2.05) is 36.4 Å². The van der Waals surface area contributed by atoms with Crippen LogP contribution in [0.4, 0.5) is 4.39 Å². The second-order valence-corrected chi connectivity index (χ2v) is 8.27. The summed E-state index contributed by atoms with van der Waals surface area (Å²) in [4.78, 5) is 27.4. The van der Waals surface area contributed by atoms with Crippen LogP contribution >= 0.6 is 0 Å². The molecule has 0 aliphatic carbocycles. The maximum atomic E-state index is 13.1. The standard InChI is InChI=1S/C25H26FN3O3/c1-27-24(31)25(16-21-15-22(28-32-21)19-5-3-2-4-6-19)13-14-29(17-25)23(30)12-9-18-7-10-20(26)11-8-18/h2-8,10-11,15H,9,12-14,16-17H2,1H3,(H,27,31)/t25-/m1/s1. The van der Waals surface area contributed by atoms with Gasteiger partial charge in [-0.1, -0.05) is 47.6 Å². The summed E-state index contributed by atoms with van der Waals surface area (Å²) < 4.78 is 18.6. The van der Waals surface area contributed by atoms with E-state index >= 15 is 0 Å². The molecule has 2 aromatic carbocycles. The van der Waals surface area contributed by atoms with Crippen LogP contribution in [0.15, 0.2) is 65.2 Å². The first-order valence-electron chi connectivity index (χ1n) is 10.7. The first-order chi connectivity index (χ1) is 15.5. The molecular formula is C25H26FN3O3. The Labute approximate surface area is 186 Å². The highest BCUT2D eigenvalue weighted by atomic mass is 19.1. The highest BCUT2D eigenvalue weighted by Gasteiger charge is 2.46. The molecule has 1 aliphatic rings. The average molecular weight is 435 g/mol. The Hall–Kier alpha value is -3.48. The fourth-order valence-corrected chi connectivity index (χ4v) is 4.30. The fourth-order valence-electron chi connectivity index (χ4n) is 4.30. The first kappa shape index (κ1) is 21.7. The van der Waals surface area contributed by atoms with Crippen LogP contribution in [0.3, 0.4) is 0 Å². The Morgan fingerprint density at radius 3 is 2.62 bits per heavy atom. The number of likely N-dealkylation sites (tertiary alicyclic amines) is 1. The van der Waals surface area contributed by atoms with E-state index in [0.29, 0.717) is 44.5 Å². The van der Waals surface area contributed by atoms with E-state index in [1.54, 1.807) is 24.1 Å². The number of hydrogen-bond acceptors (Lipinski definition) is 4. The summed E-state index contributed by atoms with van der Waals surface area (Å²) in [6.07, 6.45) is 1.77. The molecule has 1 N–H and O–H groups in total. The minimum Gasteiger partial charge on any atom is -0.361 e. The Balaban J connectivity index is 1.43. The largest absolute Gasteiger partial charge is 0.361 e. The summed E-state index contributed by atoms with van der Waals surface area (Å²) in [6, 6.07) is 17.7. The van der Waals surface area contributed by atoms with E-state index in [1.165, 1.54) is 12.1 Å². The number of aromatic nitrogens is 1. The van der Waals surface area contributed by atoms with Gasteiger partial charge in [0.2, 0.25) is 11.8 Å². The van der Waals surface area contributed by atoms with Gasteiger partial charge in [-0.3, -0.25) is 9.59 Å². The molecule has 4 rings (SSSR count). The predicted octanol–water partition coefficient (Wildman–Crippen LogP) is 3.62. The van der Waals surface area contributed by atoms with Crippen molar-refractivity contribution >= 4 is 11.8 Å². The number of rotatable bonds is 7. The molecule has 166 valence electrons. The van der Waals surface area contributed by atoms with Crippen LogP contribution < -0.4 is 5.32 Å². The molecule has 32 heavy (non-hydrogen) atoms. The van der Waals surface area contributed by atoms with Crippen molar-refractivity contribution in [2.45, 2.75) is 25.7 Å². The summed E-state index contributed by atoms with van der Waals surface area (Å²) >= 11 is 0. The van der Waals surface area contributed by atoms with Gasteiger partial charge >= 0.3 is 0 Å². The number of halogens is 1. The number of nitrogens with zero attached hydrogens (tertiary/aromatic N) is 2. The minimum atomic E-state index is -0.756. The van der Waals surface area contributed by atoms with Crippen LogP contribution in [0.25, 0.3) is 11.3 Å². The van der Waals surface area contributed by atoms with Gasteiger partial charge in [-0.05, 0) is 30.5 Å². The molecule has 2 amide bonds. The van der Waals surface area contributed by atoms with Gasteiger partial charge in [0, 0.05) is 44.6 Å². The van der Waals surface area contributed by atoms with Gasteiger partial charge < -0.3 is 14.7 Å². The highest BCUT2D eigenvalue weighted by Crippen LogP contribution is 2.36. The molecule has 1 atom stereocenters. The third kappa shape index (κ3) is 4.72. The zero-order chi connectivity index (χ0) is 22.6. The van der Waals surface area contributed by atoms with Crippen molar-refractivity contribution in [1.82, 2.24) is 15.4 Å². The molecule has 0 unspecified atom stereocenters. The van der Waals surface area contributed by atoms with Gasteiger partial charge in [-0.15, -0.1) is 0 Å². The Morgan fingerprint density at radius 1 is 1.16 bits per heavy atom. The van der Waals surface area contributed by atoms with Crippen molar-refractivity contribution in [1.29, 1.82) is 0 Å². The van der Waals surface area contributed by atoms with Gasteiger partial charge in [-0.2, -0.15) is 0 Å². The van der Waals surface area contributed by atoms with Crippen LogP contribution in [0, 0.1) is 11.2 Å². The van der Waals surface area contributed by atoms with Crippen molar-refractivity contribution < 1.29 is 18.5 Å².